The van der Waals surface area contributed by atoms with Crippen molar-refractivity contribution in [1.82, 2.24) is 0 Å². The van der Waals surface area contributed by atoms with Crippen molar-refractivity contribution in [3.63, 3.8) is 0 Å². The summed E-state index contributed by atoms with van der Waals surface area (Å²) in [6.07, 6.45) is 6.61. The van der Waals surface area contributed by atoms with Gasteiger partial charge in [-0.25, -0.2) is 0 Å². The first-order chi connectivity index (χ1) is 28.1. The summed E-state index contributed by atoms with van der Waals surface area (Å²) in [4.78, 5) is 79.8. The Morgan fingerprint density at radius 3 is 0.525 bits per heavy atom. The maximum Gasteiger partial charge on any atom is 0.308 e. The van der Waals surface area contributed by atoms with E-state index in [1.165, 1.54) is 0 Å². The molecule has 0 rings (SSSR count). The fourth-order valence-electron chi connectivity index (χ4n) is 6.77. The summed E-state index contributed by atoms with van der Waals surface area (Å²) in [5.74, 6) is -4.91. The van der Waals surface area contributed by atoms with E-state index in [9.17, 15) is 28.8 Å². The Hall–Kier alpha value is -3.22. The van der Waals surface area contributed by atoms with Crippen molar-refractivity contribution in [3.05, 3.63) is 0 Å². The molecule has 0 bridgehead atoms. The summed E-state index contributed by atoms with van der Waals surface area (Å²) >= 11 is 0. The lowest BCUT2D eigenvalue weighted by molar-refractivity contribution is -0.180. The van der Waals surface area contributed by atoms with Crippen molar-refractivity contribution in [2.75, 3.05) is 52.9 Å². The molecule has 0 aromatic heterocycles. The SMILES string of the molecule is CCC(CC)C(=O)OCC(COCC(COC(=O)C(CC)CC)(COC(=O)C(CC)CC)COC(=O)C(CC)CC)(COC(=O)C(CC)CC)COC(=O)C(CC)CC. The van der Waals surface area contributed by atoms with Gasteiger partial charge < -0.3 is 33.2 Å². The number of carbonyl (C=O) groups excluding carboxylic acids is 6. The monoisotopic (exact) mass is 843 g/mol. The fourth-order valence-corrected chi connectivity index (χ4v) is 6.77. The van der Waals surface area contributed by atoms with Crippen molar-refractivity contribution in [2.45, 2.75) is 160 Å². The molecule has 0 N–H and O–H groups in total. The van der Waals surface area contributed by atoms with Crippen molar-refractivity contribution in [3.8, 4) is 0 Å². The van der Waals surface area contributed by atoms with E-state index in [-0.39, 0.29) is 88.4 Å². The molecular weight excluding hydrogens is 760 g/mol. The number of carbonyl (C=O) groups is 6. The van der Waals surface area contributed by atoms with Gasteiger partial charge in [0.1, 0.15) is 39.6 Å². The minimum atomic E-state index is -1.37. The highest BCUT2D eigenvalue weighted by Gasteiger charge is 2.42. The zero-order chi connectivity index (χ0) is 45.0. The molecule has 0 amide bonds. The van der Waals surface area contributed by atoms with Gasteiger partial charge in [-0.15, -0.1) is 0 Å². The topological polar surface area (TPSA) is 167 Å². The smallest absolute Gasteiger partial charge is 0.308 e. The predicted molar refractivity (Wildman–Crippen MR) is 226 cm³/mol. The van der Waals surface area contributed by atoms with Gasteiger partial charge in [0.05, 0.1) is 59.6 Å². The Morgan fingerprint density at radius 1 is 0.271 bits per heavy atom. The molecule has 0 aromatic rings. The molecule has 0 aromatic carbocycles. The van der Waals surface area contributed by atoms with Gasteiger partial charge in [0.2, 0.25) is 0 Å². The van der Waals surface area contributed by atoms with E-state index >= 15 is 0 Å². The second kappa shape index (κ2) is 30.8. The summed E-state index contributed by atoms with van der Waals surface area (Å²) < 4.78 is 41.9. The average Bonchev–Trinajstić information content (AvgIpc) is 3.24. The summed E-state index contributed by atoms with van der Waals surface area (Å²) in [5, 5.41) is 0. The van der Waals surface area contributed by atoms with Gasteiger partial charge >= 0.3 is 35.8 Å². The largest absolute Gasteiger partial charge is 0.465 e. The minimum Gasteiger partial charge on any atom is -0.465 e. The first-order valence-corrected chi connectivity index (χ1v) is 22.7. The van der Waals surface area contributed by atoms with Crippen LogP contribution in [-0.2, 0) is 61.9 Å². The van der Waals surface area contributed by atoms with Crippen LogP contribution < -0.4 is 0 Å². The van der Waals surface area contributed by atoms with Crippen LogP contribution in [0.1, 0.15) is 160 Å². The molecule has 0 atom stereocenters. The first-order valence-electron chi connectivity index (χ1n) is 22.7. The molecule has 0 aliphatic carbocycles. The Kier molecular flexibility index (Phi) is 29.1. The molecule has 13 nitrogen and oxygen atoms in total. The highest BCUT2D eigenvalue weighted by molar-refractivity contribution is 5.74. The predicted octanol–water partition coefficient (Wildman–Crippen LogP) is 8.85. The second-order valence-electron chi connectivity index (χ2n) is 16.2. The van der Waals surface area contributed by atoms with Crippen molar-refractivity contribution in [1.29, 1.82) is 0 Å². The second-order valence-corrected chi connectivity index (χ2v) is 16.2. The quantitative estimate of drug-likeness (QED) is 0.0446. The Balaban J connectivity index is 7.31. The number of esters is 6. The zero-order valence-corrected chi connectivity index (χ0v) is 38.9. The third-order valence-corrected chi connectivity index (χ3v) is 11.9. The summed E-state index contributed by atoms with van der Waals surface area (Å²) in [6, 6.07) is 0. The molecule has 0 spiro atoms. The van der Waals surface area contributed by atoms with Gasteiger partial charge in [0.15, 0.2) is 0 Å². The standard InChI is InChI=1S/C46H82O13/c1-13-33(14-2)39(47)54-27-45(28-55-40(48)34(15-3)16-4,29-56-41(49)35(17-5)18-6)25-53-26-46(30-57-42(50)36(19-7)20-8,31-58-43(51)37(21-9)22-10)32-59-44(52)38(23-11)24-12/h33-38H,13-32H2,1-12H3. The Bertz CT molecular complexity index is 979. The molecule has 0 heterocycles. The maximum absolute atomic E-state index is 13.3. The van der Waals surface area contributed by atoms with Crippen LogP contribution in [-0.4, -0.2) is 88.7 Å². The van der Waals surface area contributed by atoms with E-state index in [1.807, 2.05) is 83.1 Å². The molecule has 344 valence electrons. The van der Waals surface area contributed by atoms with Crippen molar-refractivity contribution < 1.29 is 61.9 Å². The first kappa shape index (κ1) is 55.8. The van der Waals surface area contributed by atoms with E-state index in [1.54, 1.807) is 0 Å². The van der Waals surface area contributed by atoms with Crippen molar-refractivity contribution >= 4 is 35.8 Å². The van der Waals surface area contributed by atoms with E-state index < -0.39 is 46.6 Å². The van der Waals surface area contributed by atoms with Gasteiger partial charge in [-0.3, -0.25) is 28.8 Å². The molecule has 0 aliphatic rings. The lowest BCUT2D eigenvalue weighted by Crippen LogP contribution is -2.48. The summed E-state index contributed by atoms with van der Waals surface area (Å²) in [6.45, 7) is 20.3. The molecule has 0 saturated carbocycles. The molecule has 0 unspecified atom stereocenters. The third-order valence-electron chi connectivity index (χ3n) is 11.9. The summed E-state index contributed by atoms with van der Waals surface area (Å²) in [7, 11) is 0. The zero-order valence-electron chi connectivity index (χ0n) is 38.9. The van der Waals surface area contributed by atoms with Crippen LogP contribution in [0.15, 0.2) is 0 Å². The van der Waals surface area contributed by atoms with Crippen LogP contribution in [0.4, 0.5) is 0 Å². The van der Waals surface area contributed by atoms with Gasteiger partial charge in [0.25, 0.3) is 0 Å². The lowest BCUT2D eigenvalue weighted by atomic mass is 9.89. The van der Waals surface area contributed by atoms with E-state index in [4.69, 9.17) is 33.2 Å². The number of hydrogen-bond donors (Lipinski definition) is 0. The maximum atomic E-state index is 13.3. The molecule has 0 fully saturated rings. The van der Waals surface area contributed by atoms with Crippen molar-refractivity contribution in [2.24, 2.45) is 46.3 Å². The van der Waals surface area contributed by atoms with Gasteiger partial charge in [-0.1, -0.05) is 83.1 Å². The normalized spacial score (nSPS) is 12.1. The van der Waals surface area contributed by atoms with Crippen LogP contribution in [0.25, 0.3) is 0 Å². The van der Waals surface area contributed by atoms with E-state index in [0.717, 1.165) is 0 Å². The van der Waals surface area contributed by atoms with Crippen LogP contribution in [0.3, 0.4) is 0 Å². The fraction of sp³-hybridized carbons (Fsp3) is 0.870. The number of ether oxygens (including phenoxy) is 7. The third kappa shape index (κ3) is 19.4. The minimum absolute atomic E-state index is 0.265. The van der Waals surface area contributed by atoms with Gasteiger partial charge in [-0.2, -0.15) is 0 Å². The van der Waals surface area contributed by atoms with Crippen LogP contribution in [0.2, 0.25) is 0 Å². The summed E-state index contributed by atoms with van der Waals surface area (Å²) in [5.41, 5.74) is -2.75. The molecule has 0 aliphatic heterocycles. The molecule has 0 saturated heterocycles. The van der Waals surface area contributed by atoms with E-state index in [2.05, 4.69) is 0 Å². The number of hydrogen-bond acceptors (Lipinski definition) is 13. The van der Waals surface area contributed by atoms with Gasteiger partial charge in [0, 0.05) is 0 Å². The average molecular weight is 843 g/mol. The van der Waals surface area contributed by atoms with Crippen LogP contribution >= 0.6 is 0 Å². The van der Waals surface area contributed by atoms with Crippen LogP contribution in [0, 0.1) is 46.3 Å². The molecule has 59 heavy (non-hydrogen) atoms. The Labute approximate surface area is 356 Å². The highest BCUT2D eigenvalue weighted by atomic mass is 16.6. The van der Waals surface area contributed by atoms with Crippen LogP contribution in [0.5, 0.6) is 0 Å². The van der Waals surface area contributed by atoms with Gasteiger partial charge in [-0.05, 0) is 77.0 Å². The molecule has 0 radical (unpaired) electrons. The highest BCUT2D eigenvalue weighted by Crippen LogP contribution is 2.29. The molecule has 13 heteroatoms. The van der Waals surface area contributed by atoms with E-state index in [0.29, 0.717) is 77.0 Å². The number of rotatable bonds is 34. The molecular formula is C46H82O13. The Morgan fingerprint density at radius 2 is 0.407 bits per heavy atom. The lowest BCUT2D eigenvalue weighted by Gasteiger charge is -2.36.